The summed E-state index contributed by atoms with van der Waals surface area (Å²) < 4.78 is 73.5. The van der Waals surface area contributed by atoms with Crippen molar-refractivity contribution in [3.63, 3.8) is 0 Å². The molecule has 0 N–H and O–H groups in total. The largest absolute Gasteiger partial charge is 0.673 e. The van der Waals surface area contributed by atoms with Gasteiger partial charge in [-0.2, -0.15) is 0 Å². The zero-order valence-corrected chi connectivity index (χ0v) is 20.7. The first-order valence-electron chi connectivity index (χ1n) is 10.5. The highest BCUT2D eigenvalue weighted by Crippen LogP contribution is 2.52. The standard InChI is InChI=1S/C25H27O6.BF4/c1-26-16-10-7-11-17(27-2)22(16)25(23-18(28-3)12-8-13-19(23)29-4)24-20(30-5)14-9-15-21(24)31-6;2-1(3,4)5/h7-15H,1-6H3;/q+1;-1. The summed E-state index contributed by atoms with van der Waals surface area (Å²) in [5.74, 6) is 4.46. The highest BCUT2D eigenvalue weighted by Gasteiger charge is 2.40. The molecule has 0 fully saturated rings. The van der Waals surface area contributed by atoms with E-state index in [1.54, 1.807) is 42.7 Å². The van der Waals surface area contributed by atoms with E-state index in [-0.39, 0.29) is 0 Å². The molecule has 36 heavy (non-hydrogen) atoms. The Morgan fingerprint density at radius 1 is 0.444 bits per heavy atom. The number of hydrogen-bond acceptors (Lipinski definition) is 6. The molecule has 0 aliphatic heterocycles. The Morgan fingerprint density at radius 3 is 0.750 bits per heavy atom. The second kappa shape index (κ2) is 12.7. The van der Waals surface area contributed by atoms with Gasteiger partial charge in [0.2, 0.25) is 0 Å². The molecule has 0 spiro atoms. The molecule has 0 aromatic heterocycles. The van der Waals surface area contributed by atoms with E-state index in [4.69, 9.17) is 28.4 Å². The molecular weight excluding hydrogens is 483 g/mol. The summed E-state index contributed by atoms with van der Waals surface area (Å²) in [6, 6.07) is 16.9. The van der Waals surface area contributed by atoms with Crippen LogP contribution in [0.15, 0.2) is 54.6 Å². The first-order chi connectivity index (χ1) is 17.1. The van der Waals surface area contributed by atoms with E-state index in [0.717, 1.165) is 22.6 Å². The Morgan fingerprint density at radius 2 is 0.611 bits per heavy atom. The number of benzene rings is 3. The highest BCUT2D eigenvalue weighted by atomic mass is 19.5. The molecule has 0 bridgehead atoms. The van der Waals surface area contributed by atoms with Gasteiger partial charge in [0, 0.05) is 36.4 Å². The fourth-order valence-electron chi connectivity index (χ4n) is 3.67. The van der Waals surface area contributed by atoms with Gasteiger partial charge < -0.3 is 45.7 Å². The predicted octanol–water partition coefficient (Wildman–Crippen LogP) is 6.06. The van der Waals surface area contributed by atoms with E-state index in [0.29, 0.717) is 34.5 Å². The lowest BCUT2D eigenvalue weighted by atomic mass is 9.82. The van der Waals surface area contributed by atoms with Gasteiger partial charge in [-0.25, -0.2) is 0 Å². The molecule has 0 saturated heterocycles. The van der Waals surface area contributed by atoms with Gasteiger partial charge in [-0.1, -0.05) is 0 Å². The normalized spacial score (nSPS) is 10.5. The summed E-state index contributed by atoms with van der Waals surface area (Å²) >= 11 is 0. The second-order valence-electron chi connectivity index (χ2n) is 6.98. The molecule has 11 heteroatoms. The van der Waals surface area contributed by atoms with Gasteiger partial charge in [-0.05, 0) is 18.2 Å². The molecule has 0 amide bonds. The maximum Gasteiger partial charge on any atom is 0.673 e. The Hall–Kier alpha value is -3.89. The molecule has 194 valence electrons. The molecule has 0 aliphatic carbocycles. The lowest BCUT2D eigenvalue weighted by Gasteiger charge is -2.23. The Labute approximate surface area is 207 Å². The number of hydrogen-bond donors (Lipinski definition) is 0. The van der Waals surface area contributed by atoms with Crippen LogP contribution in [0.25, 0.3) is 0 Å². The molecule has 3 aromatic rings. The lowest BCUT2D eigenvalue weighted by Crippen LogP contribution is -2.13. The van der Waals surface area contributed by atoms with E-state index in [9.17, 15) is 17.3 Å². The molecule has 0 saturated carbocycles. The minimum Gasteiger partial charge on any atom is -0.471 e. The Balaban J connectivity index is 0.000000830. The van der Waals surface area contributed by atoms with Crippen molar-refractivity contribution in [1.29, 1.82) is 0 Å². The number of methoxy groups -OCH3 is 6. The minimum atomic E-state index is -6.00. The first-order valence-corrected chi connectivity index (χ1v) is 10.5. The fraction of sp³-hybridized carbons (Fsp3) is 0.240. The van der Waals surface area contributed by atoms with Crippen LogP contribution in [0.2, 0.25) is 0 Å². The summed E-state index contributed by atoms with van der Waals surface area (Å²) in [5.41, 5.74) is 2.16. The zero-order valence-electron chi connectivity index (χ0n) is 20.7. The fourth-order valence-corrected chi connectivity index (χ4v) is 3.67. The van der Waals surface area contributed by atoms with E-state index in [1.165, 1.54) is 0 Å². The summed E-state index contributed by atoms with van der Waals surface area (Å²) in [4.78, 5) is 0. The van der Waals surface area contributed by atoms with Gasteiger partial charge >= 0.3 is 7.25 Å². The van der Waals surface area contributed by atoms with Crippen LogP contribution in [0.1, 0.15) is 16.7 Å². The summed E-state index contributed by atoms with van der Waals surface area (Å²) in [6.45, 7) is 0. The number of halogens is 4. The van der Waals surface area contributed by atoms with Crippen LogP contribution in [-0.2, 0) is 0 Å². The van der Waals surface area contributed by atoms with Crippen molar-refractivity contribution in [2.45, 2.75) is 0 Å². The van der Waals surface area contributed by atoms with Crippen LogP contribution in [0.3, 0.4) is 0 Å². The maximum atomic E-state index is 9.75. The molecule has 0 aliphatic rings. The van der Waals surface area contributed by atoms with Gasteiger partial charge in [0.25, 0.3) is 0 Å². The molecular formula is C25H27BF4O6. The van der Waals surface area contributed by atoms with Crippen LogP contribution in [-0.4, -0.2) is 49.9 Å². The van der Waals surface area contributed by atoms with Crippen molar-refractivity contribution in [3.05, 3.63) is 77.2 Å². The average Bonchev–Trinajstić information content (AvgIpc) is 2.87. The van der Waals surface area contributed by atoms with Crippen molar-refractivity contribution >= 4 is 7.25 Å². The highest BCUT2D eigenvalue weighted by molar-refractivity contribution is 6.50. The van der Waals surface area contributed by atoms with Gasteiger partial charge in [0.05, 0.1) is 48.6 Å². The van der Waals surface area contributed by atoms with E-state index in [2.05, 4.69) is 0 Å². The maximum absolute atomic E-state index is 9.75. The monoisotopic (exact) mass is 510 g/mol. The van der Waals surface area contributed by atoms with E-state index < -0.39 is 7.25 Å². The van der Waals surface area contributed by atoms with Crippen LogP contribution in [0.4, 0.5) is 17.3 Å². The third-order valence-electron chi connectivity index (χ3n) is 5.03. The van der Waals surface area contributed by atoms with Crippen molar-refractivity contribution < 1.29 is 45.7 Å². The van der Waals surface area contributed by atoms with Gasteiger partial charge in [-0.3, -0.25) is 0 Å². The topological polar surface area (TPSA) is 55.4 Å². The Kier molecular flexibility index (Phi) is 10.0. The zero-order chi connectivity index (χ0) is 26.9. The number of ether oxygens (including phenoxy) is 6. The van der Waals surface area contributed by atoms with Crippen molar-refractivity contribution in [3.8, 4) is 34.5 Å². The van der Waals surface area contributed by atoms with Gasteiger partial charge in [0.15, 0.2) is 34.5 Å². The number of rotatable bonds is 9. The van der Waals surface area contributed by atoms with Crippen molar-refractivity contribution in [2.24, 2.45) is 0 Å². The minimum absolute atomic E-state index is 0.621. The smallest absolute Gasteiger partial charge is 0.471 e. The average molecular weight is 510 g/mol. The van der Waals surface area contributed by atoms with E-state index in [1.807, 2.05) is 54.6 Å². The second-order valence-corrected chi connectivity index (χ2v) is 6.98. The molecule has 3 aromatic carbocycles. The van der Waals surface area contributed by atoms with Gasteiger partial charge in [0.1, 0.15) is 16.7 Å². The molecule has 0 unspecified atom stereocenters. The summed E-state index contributed by atoms with van der Waals surface area (Å²) in [5, 5.41) is 0. The Bertz CT molecular complexity index is 935. The lowest BCUT2D eigenvalue weighted by molar-refractivity contribution is 0.368. The SMILES string of the molecule is COc1cccc(OC)c1[C+](c1c(OC)cccc1OC)c1c(OC)cccc1OC.F[B-](F)(F)F. The summed E-state index contributed by atoms with van der Waals surface area (Å²) in [6.07, 6.45) is 0. The summed E-state index contributed by atoms with van der Waals surface area (Å²) in [7, 11) is 3.72. The quantitative estimate of drug-likeness (QED) is 0.151. The van der Waals surface area contributed by atoms with Crippen LogP contribution in [0, 0.1) is 5.92 Å². The first kappa shape index (κ1) is 28.4. The molecule has 0 radical (unpaired) electrons. The van der Waals surface area contributed by atoms with Gasteiger partial charge in [-0.15, -0.1) is 0 Å². The van der Waals surface area contributed by atoms with Crippen LogP contribution < -0.4 is 28.4 Å². The third-order valence-corrected chi connectivity index (χ3v) is 5.03. The van der Waals surface area contributed by atoms with Crippen LogP contribution in [0.5, 0.6) is 34.5 Å². The predicted molar refractivity (Wildman–Crippen MR) is 129 cm³/mol. The molecule has 0 heterocycles. The van der Waals surface area contributed by atoms with Crippen LogP contribution >= 0.6 is 0 Å². The third kappa shape index (κ3) is 6.62. The van der Waals surface area contributed by atoms with Crippen molar-refractivity contribution in [2.75, 3.05) is 42.7 Å². The molecule has 0 atom stereocenters. The molecule has 6 nitrogen and oxygen atoms in total. The van der Waals surface area contributed by atoms with E-state index >= 15 is 0 Å². The van der Waals surface area contributed by atoms with Crippen molar-refractivity contribution in [1.82, 2.24) is 0 Å². The molecule has 3 rings (SSSR count).